The lowest BCUT2D eigenvalue weighted by atomic mass is 10.2. The third-order valence-corrected chi connectivity index (χ3v) is 5.16. The van der Waals surface area contributed by atoms with Gasteiger partial charge in [-0.2, -0.15) is 10.4 Å². The van der Waals surface area contributed by atoms with Crippen molar-refractivity contribution in [3.63, 3.8) is 0 Å². The molecule has 1 atom stereocenters. The maximum Gasteiger partial charge on any atom is 0.471 e. The lowest BCUT2D eigenvalue weighted by Gasteiger charge is -2.29. The standard InChI is InChI=1S/C18H14Cl2F2N5O7P/c19-11-1-9(5-23)2-12(4-11)34-15-14(16(21)22)24-7-26(18(15)29)6-10-3-13(20)25-27(17(10)28)8-33-35(30,31)32/h1-4,7,16-17,28H,6,8H2,(H2,30,31,32). The van der Waals surface area contributed by atoms with Gasteiger partial charge in [0.25, 0.3) is 12.0 Å². The fourth-order valence-electron chi connectivity index (χ4n) is 2.83. The molecule has 0 fully saturated rings. The molecule has 1 aromatic heterocycles. The number of hydrogen-bond donors (Lipinski definition) is 3. The number of allylic oxidation sites excluding steroid dienone is 1. The van der Waals surface area contributed by atoms with Crippen LogP contribution in [0.4, 0.5) is 8.78 Å². The predicted molar refractivity (Wildman–Crippen MR) is 117 cm³/mol. The van der Waals surface area contributed by atoms with E-state index in [0.717, 1.165) is 17.0 Å². The highest BCUT2D eigenvalue weighted by atomic mass is 35.5. The Morgan fingerprint density at radius 1 is 1.29 bits per heavy atom. The van der Waals surface area contributed by atoms with E-state index in [9.17, 15) is 23.2 Å². The van der Waals surface area contributed by atoms with E-state index in [0.29, 0.717) is 5.01 Å². The van der Waals surface area contributed by atoms with E-state index >= 15 is 0 Å². The van der Waals surface area contributed by atoms with E-state index in [1.54, 1.807) is 0 Å². The molecule has 1 aliphatic heterocycles. The predicted octanol–water partition coefficient (Wildman–Crippen LogP) is 2.68. The van der Waals surface area contributed by atoms with Crippen molar-refractivity contribution in [2.45, 2.75) is 19.2 Å². The molecule has 0 amide bonds. The van der Waals surface area contributed by atoms with Gasteiger partial charge in [0.1, 0.15) is 17.7 Å². The SMILES string of the molecule is N#Cc1cc(Cl)cc(Oc2c(C(F)F)ncn(CC3=CC(Cl)=NN(COP(=O)(O)O)C3O)c2=O)c1. The van der Waals surface area contributed by atoms with Gasteiger partial charge in [0.2, 0.25) is 5.75 Å². The Kier molecular flexibility index (Phi) is 8.24. The minimum atomic E-state index is -4.90. The van der Waals surface area contributed by atoms with Gasteiger partial charge < -0.3 is 19.6 Å². The molecular formula is C18H14Cl2F2N5O7P. The van der Waals surface area contributed by atoms with E-state index in [-0.39, 0.29) is 27.1 Å². The number of ether oxygens (including phenoxy) is 1. The summed E-state index contributed by atoms with van der Waals surface area (Å²) in [5.74, 6) is -1.01. The molecule has 0 aliphatic carbocycles. The van der Waals surface area contributed by atoms with Gasteiger partial charge in [-0.05, 0) is 24.3 Å². The molecule has 1 unspecified atom stereocenters. The first kappa shape index (κ1) is 26.7. The van der Waals surface area contributed by atoms with Gasteiger partial charge in [-0.3, -0.25) is 13.9 Å². The Balaban J connectivity index is 1.94. The van der Waals surface area contributed by atoms with Gasteiger partial charge in [-0.25, -0.2) is 23.3 Å². The van der Waals surface area contributed by atoms with Crippen LogP contribution in [0.25, 0.3) is 0 Å². The van der Waals surface area contributed by atoms with E-state index in [1.165, 1.54) is 18.2 Å². The lowest BCUT2D eigenvalue weighted by molar-refractivity contribution is -0.0252. The molecule has 1 aromatic carbocycles. The van der Waals surface area contributed by atoms with Crippen LogP contribution >= 0.6 is 31.0 Å². The third-order valence-electron chi connectivity index (χ3n) is 4.30. The summed E-state index contributed by atoms with van der Waals surface area (Å²) in [7, 11) is -4.90. The summed E-state index contributed by atoms with van der Waals surface area (Å²) >= 11 is 11.8. The Morgan fingerprint density at radius 3 is 2.63 bits per heavy atom. The maximum absolute atomic E-state index is 13.5. The van der Waals surface area contributed by atoms with Gasteiger partial charge in [0, 0.05) is 10.6 Å². The number of rotatable bonds is 8. The number of alkyl halides is 2. The monoisotopic (exact) mass is 551 g/mol. The molecule has 2 aromatic rings. The van der Waals surface area contributed by atoms with Crippen LogP contribution in [-0.4, -0.2) is 47.6 Å². The molecule has 0 bridgehead atoms. The van der Waals surface area contributed by atoms with Crippen molar-refractivity contribution >= 4 is 36.2 Å². The summed E-state index contributed by atoms with van der Waals surface area (Å²) in [4.78, 5) is 34.2. The van der Waals surface area contributed by atoms with Crippen LogP contribution in [0.3, 0.4) is 0 Å². The number of aliphatic hydroxyl groups excluding tert-OH is 1. The summed E-state index contributed by atoms with van der Waals surface area (Å²) in [5, 5.41) is 23.7. The molecule has 35 heavy (non-hydrogen) atoms. The van der Waals surface area contributed by atoms with Gasteiger partial charge >= 0.3 is 7.82 Å². The largest absolute Gasteiger partial charge is 0.471 e. The molecule has 17 heteroatoms. The molecule has 2 heterocycles. The molecular weight excluding hydrogens is 538 g/mol. The normalized spacial score (nSPS) is 16.1. The zero-order valence-corrected chi connectivity index (χ0v) is 19.5. The van der Waals surface area contributed by atoms with Crippen molar-refractivity contribution in [1.29, 1.82) is 5.26 Å². The average Bonchev–Trinajstić information content (AvgIpc) is 2.76. The van der Waals surface area contributed by atoms with Gasteiger partial charge in [-0.1, -0.05) is 23.2 Å². The number of phosphoric ester groups is 1. The van der Waals surface area contributed by atoms with E-state index < -0.39 is 50.8 Å². The first-order valence-electron chi connectivity index (χ1n) is 9.23. The summed E-state index contributed by atoms with van der Waals surface area (Å²) < 4.78 is 48.4. The van der Waals surface area contributed by atoms with E-state index in [1.807, 2.05) is 6.07 Å². The van der Waals surface area contributed by atoms with Crippen LogP contribution in [0.1, 0.15) is 17.7 Å². The highest BCUT2D eigenvalue weighted by Crippen LogP contribution is 2.36. The van der Waals surface area contributed by atoms with Crippen LogP contribution in [-0.2, 0) is 15.6 Å². The number of nitriles is 1. The number of hydrogen-bond acceptors (Lipinski definition) is 9. The molecule has 0 spiro atoms. The van der Waals surface area contributed by atoms with Crippen LogP contribution in [0, 0.1) is 11.3 Å². The van der Waals surface area contributed by atoms with Gasteiger partial charge in [-0.15, -0.1) is 0 Å². The zero-order valence-electron chi connectivity index (χ0n) is 17.1. The molecule has 1 aliphatic rings. The minimum Gasteiger partial charge on any atom is -0.449 e. The minimum absolute atomic E-state index is 0.0199. The number of halogens is 4. The molecule has 0 radical (unpaired) electrons. The zero-order chi connectivity index (χ0) is 25.9. The molecule has 3 N–H and O–H groups in total. The maximum atomic E-state index is 13.5. The third kappa shape index (κ3) is 6.83. The van der Waals surface area contributed by atoms with Crippen molar-refractivity contribution < 1.29 is 37.5 Å². The number of aliphatic hydroxyl groups is 1. The van der Waals surface area contributed by atoms with E-state index in [2.05, 4.69) is 14.6 Å². The van der Waals surface area contributed by atoms with E-state index in [4.69, 9.17) is 43.0 Å². The van der Waals surface area contributed by atoms with Crippen LogP contribution in [0.15, 0.2) is 46.1 Å². The highest BCUT2D eigenvalue weighted by Gasteiger charge is 2.28. The molecule has 12 nitrogen and oxygen atoms in total. The second-order valence-electron chi connectivity index (χ2n) is 6.79. The van der Waals surface area contributed by atoms with Crippen LogP contribution < -0.4 is 10.3 Å². The fraction of sp³-hybridized carbons (Fsp3) is 0.222. The fourth-order valence-corrected chi connectivity index (χ4v) is 3.57. The average molecular weight is 552 g/mol. The summed E-state index contributed by atoms with van der Waals surface area (Å²) in [6.45, 7) is -1.31. The second-order valence-corrected chi connectivity index (χ2v) is 8.85. The van der Waals surface area contributed by atoms with Crippen LogP contribution in [0.5, 0.6) is 11.5 Å². The molecule has 0 saturated carbocycles. The van der Waals surface area contributed by atoms with Crippen molar-refractivity contribution in [2.75, 3.05) is 6.73 Å². The number of phosphoric acid groups is 1. The Hall–Kier alpha value is -2.89. The quantitative estimate of drug-likeness (QED) is 0.414. The number of aromatic nitrogens is 2. The molecule has 186 valence electrons. The lowest BCUT2D eigenvalue weighted by Crippen LogP contribution is -2.39. The van der Waals surface area contributed by atoms with Crippen molar-refractivity contribution in [2.24, 2.45) is 5.10 Å². The molecule has 0 saturated heterocycles. The Labute approximate surface area is 205 Å². The molecule has 3 rings (SSSR count). The van der Waals surface area contributed by atoms with Gasteiger partial charge in [0.05, 0.1) is 24.5 Å². The summed E-state index contributed by atoms with van der Waals surface area (Å²) in [5.41, 5.74) is -2.01. The topological polar surface area (TPSA) is 170 Å². The first-order valence-corrected chi connectivity index (χ1v) is 11.5. The first-order chi connectivity index (χ1) is 16.4. The second kappa shape index (κ2) is 10.8. The van der Waals surface area contributed by atoms with Crippen molar-refractivity contribution in [3.05, 3.63) is 62.8 Å². The number of hydrazone groups is 1. The highest BCUT2D eigenvalue weighted by molar-refractivity contribution is 7.46. The van der Waals surface area contributed by atoms with Crippen molar-refractivity contribution in [1.82, 2.24) is 14.6 Å². The van der Waals surface area contributed by atoms with Crippen molar-refractivity contribution in [3.8, 4) is 17.6 Å². The van der Waals surface area contributed by atoms with Gasteiger partial charge in [0.15, 0.2) is 11.9 Å². The van der Waals surface area contributed by atoms with Crippen LogP contribution in [0.2, 0.25) is 5.02 Å². The number of benzene rings is 1. The smallest absolute Gasteiger partial charge is 0.449 e. The number of nitrogens with zero attached hydrogens (tertiary/aromatic N) is 5. The summed E-state index contributed by atoms with van der Waals surface area (Å²) in [6.07, 6.45) is -2.90. The Morgan fingerprint density at radius 2 is 2.00 bits per heavy atom. The Bertz CT molecular complexity index is 1340. The summed E-state index contributed by atoms with van der Waals surface area (Å²) in [6, 6.07) is 5.50.